The van der Waals surface area contributed by atoms with Crippen molar-refractivity contribution in [1.29, 1.82) is 0 Å². The molecule has 1 aliphatic carbocycles. The average Bonchev–Trinajstić information content (AvgIpc) is 2.87. The van der Waals surface area contributed by atoms with Crippen LogP contribution in [0.25, 0.3) is 0 Å². The van der Waals surface area contributed by atoms with Crippen LogP contribution in [0.3, 0.4) is 0 Å². The highest BCUT2D eigenvalue weighted by atomic mass is 16.6. The lowest BCUT2D eigenvalue weighted by atomic mass is 9.94. The number of carbonyl (C=O) groups is 3. The molecule has 0 saturated heterocycles. The van der Waals surface area contributed by atoms with Crippen LogP contribution in [0.2, 0.25) is 0 Å². The highest BCUT2D eigenvalue weighted by Gasteiger charge is 2.30. The number of esters is 1. The molecule has 0 amide bonds. The molecule has 1 atom stereocenters. The highest BCUT2D eigenvalue weighted by molar-refractivity contribution is 6.43. The molecule has 0 unspecified atom stereocenters. The number of Topliss-reactive ketones (excluding diaryl/α,β-unsaturated/α-hetero) is 1. The number of methoxy groups -OCH3 is 4. The molecule has 0 fully saturated rings. The van der Waals surface area contributed by atoms with E-state index in [1.807, 2.05) is 0 Å². The minimum Gasteiger partial charge on any atom is -0.508 e. The molecule has 0 spiro atoms. The van der Waals surface area contributed by atoms with E-state index in [1.165, 1.54) is 46.6 Å². The summed E-state index contributed by atoms with van der Waals surface area (Å²) < 4.78 is 27.0. The van der Waals surface area contributed by atoms with Crippen LogP contribution >= 0.6 is 0 Å². The molecule has 0 bridgehead atoms. The SMILES string of the molecule is COC(=C1C=CC(=O)C(=O)C1)[C@@H](Cc1c(O)cc(O)cc1O)OC(=O)c1cc(OC)c(OC)c(OC)c1. The number of hydrogen-bond acceptors (Lipinski definition) is 11. The summed E-state index contributed by atoms with van der Waals surface area (Å²) in [6.07, 6.45) is 0.562. The smallest absolute Gasteiger partial charge is 0.339 e. The van der Waals surface area contributed by atoms with E-state index in [9.17, 15) is 29.7 Å². The molecule has 2 aromatic rings. The zero-order valence-corrected chi connectivity index (χ0v) is 20.6. The van der Waals surface area contributed by atoms with Crippen molar-refractivity contribution >= 4 is 17.5 Å². The molecular formula is C26H26O11. The predicted octanol–water partition coefficient (Wildman–Crippen LogP) is 2.60. The normalized spacial score (nSPS) is 15.1. The standard InChI is InChI=1S/C26H26O11/c1-33-21-8-14(9-22(34-2)25(21)36-4)26(32)37-23(12-16-18(29)10-15(27)11-19(16)30)24(35-3)13-5-6-17(28)20(31)7-13/h5-6,8-11,23,27,29-30H,7,12H2,1-4H3/t23-/m1/s1. The van der Waals surface area contributed by atoms with Gasteiger partial charge in [0, 0.05) is 36.1 Å². The van der Waals surface area contributed by atoms with E-state index in [4.69, 9.17) is 23.7 Å². The van der Waals surface area contributed by atoms with Crippen LogP contribution in [-0.4, -0.2) is 67.4 Å². The first kappa shape index (κ1) is 26.9. The van der Waals surface area contributed by atoms with E-state index in [0.29, 0.717) is 0 Å². The van der Waals surface area contributed by atoms with Gasteiger partial charge in [-0.2, -0.15) is 0 Å². The summed E-state index contributed by atoms with van der Waals surface area (Å²) in [4.78, 5) is 37.0. The Hall–Kier alpha value is -4.67. The summed E-state index contributed by atoms with van der Waals surface area (Å²) >= 11 is 0. The van der Waals surface area contributed by atoms with Crippen molar-refractivity contribution in [3.63, 3.8) is 0 Å². The van der Waals surface area contributed by atoms with Crippen molar-refractivity contribution < 1.29 is 53.4 Å². The molecular weight excluding hydrogens is 488 g/mol. The van der Waals surface area contributed by atoms with Gasteiger partial charge in [-0.15, -0.1) is 0 Å². The number of allylic oxidation sites excluding steroid dienone is 3. The van der Waals surface area contributed by atoms with Gasteiger partial charge in [0.2, 0.25) is 17.3 Å². The van der Waals surface area contributed by atoms with E-state index in [0.717, 1.165) is 18.2 Å². The Morgan fingerprint density at radius 3 is 1.97 bits per heavy atom. The maximum atomic E-state index is 13.3. The summed E-state index contributed by atoms with van der Waals surface area (Å²) in [5, 5.41) is 30.3. The van der Waals surface area contributed by atoms with E-state index in [2.05, 4.69) is 0 Å². The fourth-order valence-electron chi connectivity index (χ4n) is 3.83. The number of phenolic OH excluding ortho intramolecular Hbond substituents is 3. The van der Waals surface area contributed by atoms with Crippen LogP contribution in [0.4, 0.5) is 0 Å². The molecule has 11 nitrogen and oxygen atoms in total. The Kier molecular flexibility index (Phi) is 8.28. The topological polar surface area (TPSA) is 158 Å². The number of phenols is 3. The lowest BCUT2D eigenvalue weighted by Gasteiger charge is -2.24. The van der Waals surface area contributed by atoms with Crippen LogP contribution < -0.4 is 14.2 Å². The van der Waals surface area contributed by atoms with Gasteiger partial charge in [-0.1, -0.05) is 6.08 Å². The maximum absolute atomic E-state index is 13.3. The zero-order valence-electron chi connectivity index (χ0n) is 20.6. The van der Waals surface area contributed by atoms with Crippen LogP contribution in [0.1, 0.15) is 22.3 Å². The first-order valence-electron chi connectivity index (χ1n) is 10.9. The molecule has 2 aromatic carbocycles. The van der Waals surface area contributed by atoms with Crippen LogP contribution in [-0.2, 0) is 25.5 Å². The van der Waals surface area contributed by atoms with Gasteiger partial charge in [-0.05, 0) is 18.2 Å². The van der Waals surface area contributed by atoms with Crippen LogP contribution in [0.15, 0.2) is 47.7 Å². The molecule has 3 N–H and O–H groups in total. The molecule has 1 aliphatic rings. The van der Waals surface area contributed by atoms with E-state index in [-0.39, 0.29) is 58.3 Å². The molecule has 0 radical (unpaired) electrons. The van der Waals surface area contributed by atoms with Gasteiger partial charge in [0.15, 0.2) is 17.6 Å². The summed E-state index contributed by atoms with van der Waals surface area (Å²) in [5.74, 6) is -2.86. The van der Waals surface area contributed by atoms with Gasteiger partial charge in [0.1, 0.15) is 23.0 Å². The second kappa shape index (κ2) is 11.4. The van der Waals surface area contributed by atoms with Gasteiger partial charge in [-0.25, -0.2) is 4.79 Å². The third kappa shape index (κ3) is 5.77. The Balaban J connectivity index is 2.09. The first-order valence-corrected chi connectivity index (χ1v) is 10.9. The minimum absolute atomic E-state index is 0.0181. The third-order valence-corrected chi connectivity index (χ3v) is 5.62. The van der Waals surface area contributed by atoms with Gasteiger partial charge >= 0.3 is 5.97 Å². The molecule has 0 aliphatic heterocycles. The fourth-order valence-corrected chi connectivity index (χ4v) is 3.83. The van der Waals surface area contributed by atoms with Crippen LogP contribution in [0, 0.1) is 0 Å². The Morgan fingerprint density at radius 2 is 1.49 bits per heavy atom. The largest absolute Gasteiger partial charge is 0.508 e. The van der Waals surface area contributed by atoms with Gasteiger partial charge < -0.3 is 39.0 Å². The molecule has 11 heteroatoms. The summed E-state index contributed by atoms with van der Waals surface area (Å²) in [5.41, 5.74) is 0.231. The molecule has 37 heavy (non-hydrogen) atoms. The summed E-state index contributed by atoms with van der Waals surface area (Å²) in [7, 11) is 5.46. The Bertz CT molecular complexity index is 1240. The maximum Gasteiger partial charge on any atom is 0.339 e. The number of ketones is 2. The lowest BCUT2D eigenvalue weighted by Crippen LogP contribution is -2.27. The van der Waals surface area contributed by atoms with E-state index in [1.54, 1.807) is 0 Å². The van der Waals surface area contributed by atoms with Crippen molar-refractivity contribution in [2.75, 3.05) is 28.4 Å². The second-order valence-electron chi connectivity index (χ2n) is 7.87. The molecule has 0 saturated carbocycles. The number of hydrogen-bond donors (Lipinski definition) is 3. The molecule has 0 heterocycles. The minimum atomic E-state index is -1.28. The van der Waals surface area contributed by atoms with Crippen LogP contribution in [0.5, 0.6) is 34.5 Å². The molecule has 3 rings (SSSR count). The second-order valence-corrected chi connectivity index (χ2v) is 7.87. The van der Waals surface area contributed by atoms with Crippen molar-refractivity contribution in [3.8, 4) is 34.5 Å². The Labute approximate surface area is 212 Å². The number of aromatic hydroxyl groups is 3. The first-order chi connectivity index (χ1) is 17.6. The predicted molar refractivity (Wildman–Crippen MR) is 128 cm³/mol. The quantitative estimate of drug-likeness (QED) is 0.257. The number of carbonyl (C=O) groups excluding carboxylic acids is 3. The van der Waals surface area contributed by atoms with Crippen molar-refractivity contribution in [3.05, 3.63) is 58.9 Å². The van der Waals surface area contributed by atoms with Crippen molar-refractivity contribution in [2.45, 2.75) is 18.9 Å². The summed E-state index contributed by atoms with van der Waals surface area (Å²) in [6, 6.07) is 4.77. The van der Waals surface area contributed by atoms with E-state index >= 15 is 0 Å². The number of rotatable bonds is 9. The molecule has 196 valence electrons. The van der Waals surface area contributed by atoms with E-state index < -0.39 is 35.1 Å². The zero-order chi connectivity index (χ0) is 27.3. The highest BCUT2D eigenvalue weighted by Crippen LogP contribution is 2.39. The van der Waals surface area contributed by atoms with Crippen molar-refractivity contribution in [1.82, 2.24) is 0 Å². The Morgan fingerprint density at radius 1 is 0.892 bits per heavy atom. The van der Waals surface area contributed by atoms with Gasteiger partial charge in [0.05, 0.1) is 34.0 Å². The van der Waals surface area contributed by atoms with Crippen molar-refractivity contribution in [2.24, 2.45) is 0 Å². The number of benzene rings is 2. The fraction of sp³-hybridized carbons (Fsp3) is 0.269. The monoisotopic (exact) mass is 514 g/mol. The molecule has 0 aromatic heterocycles. The van der Waals surface area contributed by atoms with Gasteiger partial charge in [-0.3, -0.25) is 9.59 Å². The summed E-state index contributed by atoms with van der Waals surface area (Å²) in [6.45, 7) is 0. The lowest BCUT2D eigenvalue weighted by molar-refractivity contribution is -0.133. The number of ether oxygens (including phenoxy) is 5. The third-order valence-electron chi connectivity index (χ3n) is 5.62. The van der Waals surface area contributed by atoms with Gasteiger partial charge in [0.25, 0.3) is 0 Å². The average molecular weight is 514 g/mol.